The van der Waals surface area contributed by atoms with E-state index in [4.69, 9.17) is 9.47 Å². The number of ether oxygens (including phenoxy) is 2. The molecule has 0 radical (unpaired) electrons. The lowest BCUT2D eigenvalue weighted by Gasteiger charge is -2.09. The van der Waals surface area contributed by atoms with Crippen LogP contribution in [0.3, 0.4) is 0 Å². The van der Waals surface area contributed by atoms with Gasteiger partial charge in [-0.15, -0.1) is 0 Å². The Morgan fingerprint density at radius 2 is 1.77 bits per heavy atom. The van der Waals surface area contributed by atoms with Gasteiger partial charge in [0.1, 0.15) is 0 Å². The first-order valence-electron chi connectivity index (χ1n) is 6.79. The Kier molecular flexibility index (Phi) is 4.84. The van der Waals surface area contributed by atoms with Crippen LogP contribution in [0.15, 0.2) is 42.5 Å². The Morgan fingerprint density at radius 3 is 2.36 bits per heavy atom. The van der Waals surface area contributed by atoms with E-state index in [2.05, 4.69) is 0 Å². The highest BCUT2D eigenvalue weighted by atomic mass is 16.5. The van der Waals surface area contributed by atoms with Crippen molar-refractivity contribution < 1.29 is 19.4 Å². The van der Waals surface area contributed by atoms with E-state index in [9.17, 15) is 9.90 Å². The molecule has 0 spiro atoms. The average molecular weight is 298 g/mol. The molecule has 4 heteroatoms. The second kappa shape index (κ2) is 6.80. The molecule has 1 N–H and O–H groups in total. The van der Waals surface area contributed by atoms with Gasteiger partial charge in [0.2, 0.25) is 0 Å². The van der Waals surface area contributed by atoms with E-state index < -0.39 is 5.97 Å². The molecule has 0 fully saturated rings. The Labute approximate surface area is 129 Å². The lowest BCUT2D eigenvalue weighted by Crippen LogP contribution is -2.00. The fourth-order valence-electron chi connectivity index (χ4n) is 2.19. The van der Waals surface area contributed by atoms with Crippen LogP contribution >= 0.6 is 0 Å². The van der Waals surface area contributed by atoms with Crippen molar-refractivity contribution in [1.29, 1.82) is 0 Å². The number of carboxylic acids is 1. The summed E-state index contributed by atoms with van der Waals surface area (Å²) < 4.78 is 10.4. The summed E-state index contributed by atoms with van der Waals surface area (Å²) in [7, 11) is 3.10. The van der Waals surface area contributed by atoms with Crippen LogP contribution in [0, 0.1) is 6.92 Å². The summed E-state index contributed by atoms with van der Waals surface area (Å²) in [6.45, 7) is 1.93. The van der Waals surface area contributed by atoms with Gasteiger partial charge in [-0.25, -0.2) is 4.79 Å². The third kappa shape index (κ3) is 3.47. The van der Waals surface area contributed by atoms with Crippen molar-refractivity contribution in [3.63, 3.8) is 0 Å². The molecular weight excluding hydrogens is 280 g/mol. The molecule has 0 saturated carbocycles. The molecule has 0 saturated heterocycles. The molecule has 0 aliphatic carbocycles. The van der Waals surface area contributed by atoms with E-state index in [1.54, 1.807) is 44.6 Å². The van der Waals surface area contributed by atoms with Gasteiger partial charge in [-0.05, 0) is 36.3 Å². The van der Waals surface area contributed by atoms with Crippen LogP contribution in [0.4, 0.5) is 0 Å². The van der Waals surface area contributed by atoms with Crippen LogP contribution in [0.5, 0.6) is 11.5 Å². The van der Waals surface area contributed by atoms with Gasteiger partial charge in [0.15, 0.2) is 11.5 Å². The minimum absolute atomic E-state index is 0.232. The standard InChI is InChI=1S/C18H18O4/c1-12-5-4-6-14(9-12)15(18(19)20)10-13-7-8-16(21-2)17(11-13)22-3/h4-11H,1-3H3,(H,19,20)/b15-10+. The van der Waals surface area contributed by atoms with Gasteiger partial charge in [-0.3, -0.25) is 0 Å². The summed E-state index contributed by atoms with van der Waals surface area (Å²) in [6, 6.07) is 12.7. The lowest BCUT2D eigenvalue weighted by molar-refractivity contribution is -0.130. The first-order chi connectivity index (χ1) is 10.5. The highest BCUT2D eigenvalue weighted by Crippen LogP contribution is 2.29. The maximum Gasteiger partial charge on any atom is 0.336 e. The maximum atomic E-state index is 11.6. The summed E-state index contributed by atoms with van der Waals surface area (Å²) in [6.07, 6.45) is 1.62. The minimum atomic E-state index is -0.972. The SMILES string of the molecule is COc1ccc(/C=C(/C(=O)O)c2cccc(C)c2)cc1OC. The molecule has 0 heterocycles. The van der Waals surface area contributed by atoms with E-state index in [0.717, 1.165) is 11.1 Å². The fourth-order valence-corrected chi connectivity index (χ4v) is 2.19. The Bertz CT molecular complexity index is 717. The third-order valence-electron chi connectivity index (χ3n) is 3.28. The number of aliphatic carboxylic acids is 1. The molecule has 0 aliphatic heterocycles. The number of rotatable bonds is 5. The van der Waals surface area contributed by atoms with E-state index in [-0.39, 0.29) is 5.57 Å². The molecule has 4 nitrogen and oxygen atoms in total. The first-order valence-corrected chi connectivity index (χ1v) is 6.79. The van der Waals surface area contributed by atoms with Crippen LogP contribution < -0.4 is 9.47 Å². The van der Waals surface area contributed by atoms with Gasteiger partial charge >= 0.3 is 5.97 Å². The molecule has 2 aromatic rings. The van der Waals surface area contributed by atoms with Crippen molar-refractivity contribution >= 4 is 17.6 Å². The predicted molar refractivity (Wildman–Crippen MR) is 86.2 cm³/mol. The number of hydrogen-bond donors (Lipinski definition) is 1. The largest absolute Gasteiger partial charge is 0.493 e. The molecule has 0 amide bonds. The summed E-state index contributed by atoms with van der Waals surface area (Å²) in [4.78, 5) is 11.6. The fraction of sp³-hybridized carbons (Fsp3) is 0.167. The van der Waals surface area contributed by atoms with Gasteiger partial charge in [0.25, 0.3) is 0 Å². The molecular formula is C18H18O4. The van der Waals surface area contributed by atoms with Crippen molar-refractivity contribution in [3.8, 4) is 11.5 Å². The molecule has 2 aromatic carbocycles. The van der Waals surface area contributed by atoms with Crippen LogP contribution in [-0.2, 0) is 4.79 Å². The van der Waals surface area contributed by atoms with Gasteiger partial charge in [0.05, 0.1) is 19.8 Å². The molecule has 0 bridgehead atoms. The quantitative estimate of drug-likeness (QED) is 0.676. The van der Waals surface area contributed by atoms with Crippen molar-refractivity contribution in [2.45, 2.75) is 6.92 Å². The van der Waals surface area contributed by atoms with Gasteiger partial charge in [-0.2, -0.15) is 0 Å². The van der Waals surface area contributed by atoms with E-state index in [1.165, 1.54) is 0 Å². The summed E-state index contributed by atoms with van der Waals surface area (Å²) in [5, 5.41) is 9.48. The number of carboxylic acid groups (broad SMARTS) is 1. The van der Waals surface area contributed by atoms with Gasteiger partial charge in [0, 0.05) is 0 Å². The number of aryl methyl sites for hydroxylation is 1. The van der Waals surface area contributed by atoms with E-state index in [0.29, 0.717) is 17.1 Å². The average Bonchev–Trinajstić information content (AvgIpc) is 2.52. The molecule has 22 heavy (non-hydrogen) atoms. The lowest BCUT2D eigenvalue weighted by atomic mass is 10.0. The zero-order valence-electron chi connectivity index (χ0n) is 12.8. The topological polar surface area (TPSA) is 55.8 Å². The van der Waals surface area contributed by atoms with E-state index in [1.807, 2.05) is 25.1 Å². The number of methoxy groups -OCH3 is 2. The molecule has 0 atom stereocenters. The normalized spacial score (nSPS) is 11.1. The van der Waals surface area contributed by atoms with Crippen molar-refractivity contribution in [2.24, 2.45) is 0 Å². The molecule has 0 aromatic heterocycles. The number of benzene rings is 2. The van der Waals surface area contributed by atoms with Crippen LogP contribution in [0.25, 0.3) is 11.6 Å². The highest BCUT2D eigenvalue weighted by Gasteiger charge is 2.11. The van der Waals surface area contributed by atoms with Gasteiger partial charge in [-0.1, -0.05) is 35.9 Å². The number of carbonyl (C=O) groups is 1. The second-order valence-electron chi connectivity index (χ2n) is 4.85. The zero-order valence-corrected chi connectivity index (χ0v) is 12.8. The summed E-state index contributed by atoms with van der Waals surface area (Å²) in [5.74, 6) is 0.192. The molecule has 0 aliphatic rings. The van der Waals surface area contributed by atoms with Crippen LogP contribution in [-0.4, -0.2) is 25.3 Å². The monoisotopic (exact) mass is 298 g/mol. The number of hydrogen-bond acceptors (Lipinski definition) is 3. The van der Waals surface area contributed by atoms with Crippen LogP contribution in [0.2, 0.25) is 0 Å². The summed E-state index contributed by atoms with van der Waals surface area (Å²) in [5.41, 5.74) is 2.65. The van der Waals surface area contributed by atoms with Crippen molar-refractivity contribution in [2.75, 3.05) is 14.2 Å². The minimum Gasteiger partial charge on any atom is -0.493 e. The Morgan fingerprint density at radius 1 is 1.05 bits per heavy atom. The van der Waals surface area contributed by atoms with Crippen LogP contribution in [0.1, 0.15) is 16.7 Å². The van der Waals surface area contributed by atoms with Crippen molar-refractivity contribution in [3.05, 3.63) is 59.2 Å². The first kappa shape index (κ1) is 15.6. The zero-order chi connectivity index (χ0) is 16.1. The second-order valence-corrected chi connectivity index (χ2v) is 4.85. The molecule has 2 rings (SSSR count). The van der Waals surface area contributed by atoms with E-state index >= 15 is 0 Å². The maximum absolute atomic E-state index is 11.6. The molecule has 114 valence electrons. The third-order valence-corrected chi connectivity index (χ3v) is 3.28. The van der Waals surface area contributed by atoms with Crippen molar-refractivity contribution in [1.82, 2.24) is 0 Å². The predicted octanol–water partition coefficient (Wildman–Crippen LogP) is 3.64. The summed E-state index contributed by atoms with van der Waals surface area (Å²) >= 11 is 0. The smallest absolute Gasteiger partial charge is 0.336 e. The Hall–Kier alpha value is -2.75. The highest BCUT2D eigenvalue weighted by molar-refractivity contribution is 6.20. The molecule has 0 unspecified atom stereocenters. The van der Waals surface area contributed by atoms with Gasteiger partial charge < -0.3 is 14.6 Å². The Balaban J connectivity index is 2.49.